The highest BCUT2D eigenvalue weighted by Crippen LogP contribution is 2.36. The highest BCUT2D eigenvalue weighted by molar-refractivity contribution is 9.10. The monoisotopic (exact) mass is 399 g/mol. The van der Waals surface area contributed by atoms with Gasteiger partial charge in [-0.25, -0.2) is 0 Å². The standard InChI is InChI=1S/C18H22BrNO2.ClH/c1-4-22-17-10-15(9-16(19)18(17)21-3)12-20-11-14-7-5-13(2)6-8-14;/h5-10,20H,4,11-12H2,1-3H3;1H. The topological polar surface area (TPSA) is 30.5 Å². The molecule has 2 rings (SSSR count). The van der Waals surface area contributed by atoms with Crippen LogP contribution in [0.3, 0.4) is 0 Å². The van der Waals surface area contributed by atoms with Crippen molar-refractivity contribution in [3.8, 4) is 11.5 Å². The van der Waals surface area contributed by atoms with Gasteiger partial charge in [0.25, 0.3) is 0 Å². The lowest BCUT2D eigenvalue weighted by molar-refractivity contribution is 0.309. The van der Waals surface area contributed by atoms with Gasteiger partial charge in [-0.3, -0.25) is 0 Å². The van der Waals surface area contributed by atoms with Crippen LogP contribution in [0, 0.1) is 6.92 Å². The lowest BCUT2D eigenvalue weighted by Crippen LogP contribution is -2.13. The number of hydrogen-bond donors (Lipinski definition) is 1. The van der Waals surface area contributed by atoms with E-state index in [1.54, 1.807) is 7.11 Å². The molecular formula is C18H23BrClNO2. The molecular weight excluding hydrogens is 378 g/mol. The Morgan fingerprint density at radius 2 is 1.70 bits per heavy atom. The molecule has 0 aliphatic heterocycles. The Hall–Kier alpha value is -1.23. The van der Waals surface area contributed by atoms with Gasteiger partial charge in [-0.1, -0.05) is 29.8 Å². The smallest absolute Gasteiger partial charge is 0.174 e. The molecule has 0 aromatic heterocycles. The van der Waals surface area contributed by atoms with E-state index in [9.17, 15) is 0 Å². The van der Waals surface area contributed by atoms with Gasteiger partial charge in [0.05, 0.1) is 18.2 Å². The van der Waals surface area contributed by atoms with Gasteiger partial charge in [-0.2, -0.15) is 0 Å². The summed E-state index contributed by atoms with van der Waals surface area (Å²) in [4.78, 5) is 0. The number of benzene rings is 2. The van der Waals surface area contributed by atoms with Crippen LogP contribution in [0.5, 0.6) is 11.5 Å². The predicted octanol–water partition coefficient (Wildman–Crippen LogP) is 4.88. The van der Waals surface area contributed by atoms with Crippen LogP contribution in [0.2, 0.25) is 0 Å². The lowest BCUT2D eigenvalue weighted by atomic mass is 10.1. The maximum absolute atomic E-state index is 5.64. The molecule has 0 heterocycles. The summed E-state index contributed by atoms with van der Waals surface area (Å²) in [5.41, 5.74) is 3.72. The second-order valence-electron chi connectivity index (χ2n) is 5.13. The molecule has 0 radical (unpaired) electrons. The largest absolute Gasteiger partial charge is 0.492 e. The molecule has 23 heavy (non-hydrogen) atoms. The summed E-state index contributed by atoms with van der Waals surface area (Å²) in [6, 6.07) is 12.6. The Bertz CT molecular complexity index is 617. The van der Waals surface area contributed by atoms with E-state index < -0.39 is 0 Å². The van der Waals surface area contributed by atoms with Gasteiger partial charge < -0.3 is 14.8 Å². The third-order valence-corrected chi connectivity index (χ3v) is 3.94. The summed E-state index contributed by atoms with van der Waals surface area (Å²) >= 11 is 3.54. The third-order valence-electron chi connectivity index (χ3n) is 3.35. The van der Waals surface area contributed by atoms with E-state index in [0.717, 1.165) is 34.6 Å². The van der Waals surface area contributed by atoms with E-state index in [0.29, 0.717) is 6.61 Å². The summed E-state index contributed by atoms with van der Waals surface area (Å²) in [6.07, 6.45) is 0. The van der Waals surface area contributed by atoms with Crippen LogP contribution in [-0.4, -0.2) is 13.7 Å². The summed E-state index contributed by atoms with van der Waals surface area (Å²) < 4.78 is 11.9. The van der Waals surface area contributed by atoms with Gasteiger partial charge in [-0.05, 0) is 53.0 Å². The molecule has 0 fully saturated rings. The van der Waals surface area contributed by atoms with Gasteiger partial charge >= 0.3 is 0 Å². The molecule has 0 saturated carbocycles. The molecule has 0 unspecified atom stereocenters. The quantitative estimate of drug-likeness (QED) is 0.719. The van der Waals surface area contributed by atoms with Crippen molar-refractivity contribution in [2.75, 3.05) is 13.7 Å². The van der Waals surface area contributed by atoms with Gasteiger partial charge in [0.1, 0.15) is 0 Å². The first-order valence-electron chi connectivity index (χ1n) is 7.39. The zero-order chi connectivity index (χ0) is 15.9. The summed E-state index contributed by atoms with van der Waals surface area (Å²) in [7, 11) is 1.65. The Kier molecular flexibility index (Phi) is 8.45. The average molecular weight is 401 g/mol. The number of hydrogen-bond acceptors (Lipinski definition) is 3. The number of ether oxygens (including phenoxy) is 2. The number of rotatable bonds is 7. The van der Waals surface area contributed by atoms with Crippen LogP contribution >= 0.6 is 28.3 Å². The average Bonchev–Trinajstić information content (AvgIpc) is 2.49. The molecule has 126 valence electrons. The zero-order valence-corrected chi connectivity index (χ0v) is 16.1. The maximum Gasteiger partial charge on any atom is 0.174 e. The van der Waals surface area contributed by atoms with Crippen LogP contribution in [0.4, 0.5) is 0 Å². The number of nitrogens with one attached hydrogen (secondary N) is 1. The lowest BCUT2D eigenvalue weighted by Gasteiger charge is -2.14. The molecule has 1 N–H and O–H groups in total. The predicted molar refractivity (Wildman–Crippen MR) is 101 cm³/mol. The van der Waals surface area contributed by atoms with Crippen molar-refractivity contribution in [2.45, 2.75) is 26.9 Å². The zero-order valence-electron chi connectivity index (χ0n) is 13.7. The minimum absolute atomic E-state index is 0. The molecule has 2 aromatic carbocycles. The Labute approximate surface area is 152 Å². The van der Waals surface area contributed by atoms with E-state index in [2.05, 4.69) is 58.5 Å². The first-order valence-corrected chi connectivity index (χ1v) is 8.18. The fraction of sp³-hybridized carbons (Fsp3) is 0.333. The van der Waals surface area contributed by atoms with E-state index in [4.69, 9.17) is 9.47 Å². The van der Waals surface area contributed by atoms with Crippen LogP contribution in [0.1, 0.15) is 23.6 Å². The summed E-state index contributed by atoms with van der Waals surface area (Å²) in [6.45, 7) is 6.30. The van der Waals surface area contributed by atoms with E-state index in [1.165, 1.54) is 11.1 Å². The molecule has 0 bridgehead atoms. The minimum atomic E-state index is 0. The van der Waals surface area contributed by atoms with Crippen molar-refractivity contribution in [3.63, 3.8) is 0 Å². The molecule has 0 saturated heterocycles. The second kappa shape index (κ2) is 9.81. The molecule has 0 aliphatic rings. The van der Waals surface area contributed by atoms with E-state index >= 15 is 0 Å². The highest BCUT2D eigenvalue weighted by atomic mass is 79.9. The Morgan fingerprint density at radius 1 is 1.04 bits per heavy atom. The fourth-order valence-electron chi connectivity index (χ4n) is 2.24. The molecule has 0 spiro atoms. The fourth-order valence-corrected chi connectivity index (χ4v) is 2.89. The van der Waals surface area contributed by atoms with Crippen molar-refractivity contribution in [3.05, 3.63) is 57.6 Å². The second-order valence-corrected chi connectivity index (χ2v) is 5.99. The van der Waals surface area contributed by atoms with Crippen molar-refractivity contribution in [1.82, 2.24) is 5.32 Å². The summed E-state index contributed by atoms with van der Waals surface area (Å²) in [5.74, 6) is 1.51. The molecule has 0 atom stereocenters. The van der Waals surface area contributed by atoms with E-state index in [-0.39, 0.29) is 12.4 Å². The normalized spacial score (nSPS) is 10.1. The SMILES string of the molecule is CCOc1cc(CNCc2ccc(C)cc2)cc(Br)c1OC.Cl. The number of aryl methyl sites for hydroxylation is 1. The minimum Gasteiger partial charge on any atom is -0.492 e. The molecule has 3 nitrogen and oxygen atoms in total. The number of halogens is 2. The first kappa shape index (κ1) is 19.8. The van der Waals surface area contributed by atoms with Gasteiger partial charge in [0, 0.05) is 13.1 Å². The molecule has 2 aromatic rings. The van der Waals surface area contributed by atoms with Crippen molar-refractivity contribution < 1.29 is 9.47 Å². The van der Waals surface area contributed by atoms with Crippen LogP contribution in [-0.2, 0) is 13.1 Å². The third kappa shape index (κ3) is 5.72. The van der Waals surface area contributed by atoms with Crippen LogP contribution in [0.25, 0.3) is 0 Å². The van der Waals surface area contributed by atoms with Gasteiger partial charge in [0.15, 0.2) is 11.5 Å². The molecule has 0 aliphatic carbocycles. The molecule has 0 amide bonds. The summed E-state index contributed by atoms with van der Waals surface area (Å²) in [5, 5.41) is 3.45. The maximum atomic E-state index is 5.64. The van der Waals surface area contributed by atoms with Crippen LogP contribution in [0.15, 0.2) is 40.9 Å². The van der Waals surface area contributed by atoms with Crippen molar-refractivity contribution in [2.24, 2.45) is 0 Å². The van der Waals surface area contributed by atoms with E-state index in [1.807, 2.05) is 13.0 Å². The first-order chi connectivity index (χ1) is 10.6. The Morgan fingerprint density at radius 3 is 2.30 bits per heavy atom. The van der Waals surface area contributed by atoms with Gasteiger partial charge in [-0.15, -0.1) is 12.4 Å². The van der Waals surface area contributed by atoms with Crippen molar-refractivity contribution in [1.29, 1.82) is 0 Å². The number of methoxy groups -OCH3 is 1. The van der Waals surface area contributed by atoms with Crippen molar-refractivity contribution >= 4 is 28.3 Å². The Balaban J connectivity index is 0.00000264. The van der Waals surface area contributed by atoms with Gasteiger partial charge in [0.2, 0.25) is 0 Å². The highest BCUT2D eigenvalue weighted by Gasteiger charge is 2.10. The molecule has 5 heteroatoms. The van der Waals surface area contributed by atoms with Crippen LogP contribution < -0.4 is 14.8 Å².